The van der Waals surface area contributed by atoms with E-state index in [1.54, 1.807) is 36.4 Å². The molecule has 5 rings (SSSR count). The number of carbonyl (C=O) groups is 1. The van der Waals surface area contributed by atoms with E-state index in [0.717, 1.165) is 11.1 Å². The third-order valence-electron chi connectivity index (χ3n) is 5.62. The second-order valence-corrected chi connectivity index (χ2v) is 8.84. The smallest absolute Gasteiger partial charge is 0.257 e. The van der Waals surface area contributed by atoms with Gasteiger partial charge in [-0.3, -0.25) is 10.1 Å². The second-order valence-electron chi connectivity index (χ2n) is 8.43. The van der Waals surface area contributed by atoms with Gasteiger partial charge in [-0.25, -0.2) is 4.98 Å². The van der Waals surface area contributed by atoms with Crippen LogP contribution in [0.4, 0.5) is 5.69 Å². The van der Waals surface area contributed by atoms with Crippen molar-refractivity contribution in [2.75, 3.05) is 5.32 Å². The van der Waals surface area contributed by atoms with Gasteiger partial charge in [0, 0.05) is 11.3 Å². The molecule has 1 amide bonds. The van der Waals surface area contributed by atoms with Crippen molar-refractivity contribution in [2.45, 2.75) is 13.5 Å². The lowest BCUT2D eigenvalue weighted by molar-refractivity contribution is 0.0977. The zero-order valence-corrected chi connectivity index (χ0v) is 20.7. The minimum atomic E-state index is -0.361. The zero-order valence-electron chi connectivity index (χ0n) is 19.9. The van der Waals surface area contributed by atoms with Gasteiger partial charge in [0.25, 0.3) is 5.91 Å². The largest absolute Gasteiger partial charge is 0.507 e. The van der Waals surface area contributed by atoms with Gasteiger partial charge in [-0.2, -0.15) is 0 Å². The van der Waals surface area contributed by atoms with Crippen molar-refractivity contribution in [3.8, 4) is 23.0 Å². The Labute approximate surface area is 218 Å². The second kappa shape index (κ2) is 10.5. The highest BCUT2D eigenvalue weighted by Crippen LogP contribution is 2.33. The summed E-state index contributed by atoms with van der Waals surface area (Å²) in [6.45, 7) is 2.41. The average Bonchev–Trinajstić information content (AvgIpc) is 3.32. The van der Waals surface area contributed by atoms with E-state index in [4.69, 9.17) is 21.4 Å². The Morgan fingerprint density at radius 1 is 1.00 bits per heavy atom. The van der Waals surface area contributed by atoms with Crippen molar-refractivity contribution in [3.05, 3.63) is 108 Å². The number of oxazole rings is 1. The highest BCUT2D eigenvalue weighted by molar-refractivity contribution is 7.80. The van der Waals surface area contributed by atoms with Crippen molar-refractivity contribution >= 4 is 40.0 Å². The number of aromatic nitrogens is 1. The first-order valence-corrected chi connectivity index (χ1v) is 12.0. The number of thiocarbonyl (C=S) groups is 1. The number of nitrogens with zero attached hydrogens (tertiary/aromatic N) is 1. The summed E-state index contributed by atoms with van der Waals surface area (Å²) in [6, 6.07) is 27.2. The lowest BCUT2D eigenvalue weighted by Gasteiger charge is -2.11. The molecule has 0 saturated heterocycles. The first-order valence-electron chi connectivity index (χ1n) is 11.5. The molecule has 0 spiro atoms. The molecule has 0 aliphatic heterocycles. The van der Waals surface area contributed by atoms with Crippen LogP contribution in [-0.2, 0) is 6.61 Å². The lowest BCUT2D eigenvalue weighted by Crippen LogP contribution is -2.34. The molecule has 1 heterocycles. The molecule has 0 aliphatic rings. The Balaban J connectivity index is 1.22. The fraction of sp³-hybridized carbons (Fsp3) is 0.0690. The first kappa shape index (κ1) is 24.0. The van der Waals surface area contributed by atoms with Gasteiger partial charge in [-0.15, -0.1) is 0 Å². The van der Waals surface area contributed by atoms with E-state index in [1.807, 2.05) is 55.5 Å². The highest BCUT2D eigenvalue weighted by atomic mass is 32.1. The van der Waals surface area contributed by atoms with Crippen LogP contribution in [0.25, 0.3) is 22.6 Å². The van der Waals surface area contributed by atoms with Gasteiger partial charge in [0.2, 0.25) is 5.89 Å². The van der Waals surface area contributed by atoms with Crippen LogP contribution >= 0.6 is 12.2 Å². The molecule has 7 nitrogen and oxygen atoms in total. The average molecular weight is 510 g/mol. The van der Waals surface area contributed by atoms with Gasteiger partial charge in [0.15, 0.2) is 10.7 Å². The number of rotatable bonds is 6. The number of benzene rings is 4. The molecule has 1 aromatic heterocycles. The van der Waals surface area contributed by atoms with Gasteiger partial charge in [0.05, 0.1) is 5.56 Å². The molecule has 5 aromatic rings. The van der Waals surface area contributed by atoms with Crippen LogP contribution in [0, 0.1) is 6.92 Å². The Kier molecular flexibility index (Phi) is 6.83. The fourth-order valence-electron chi connectivity index (χ4n) is 3.71. The van der Waals surface area contributed by atoms with E-state index in [0.29, 0.717) is 40.3 Å². The van der Waals surface area contributed by atoms with Crippen molar-refractivity contribution in [3.63, 3.8) is 0 Å². The number of carbonyl (C=O) groups excluding carboxylic acids is 1. The van der Waals surface area contributed by atoms with E-state index in [-0.39, 0.29) is 22.7 Å². The molecular weight excluding hydrogens is 486 g/mol. The van der Waals surface area contributed by atoms with Crippen LogP contribution in [0.5, 0.6) is 11.5 Å². The predicted octanol–water partition coefficient (Wildman–Crippen LogP) is 6.21. The molecule has 0 atom stereocenters. The van der Waals surface area contributed by atoms with Gasteiger partial charge >= 0.3 is 0 Å². The summed E-state index contributed by atoms with van der Waals surface area (Å²) in [6.07, 6.45) is 0. The molecule has 0 bridgehead atoms. The summed E-state index contributed by atoms with van der Waals surface area (Å²) >= 11 is 5.32. The number of nitrogens with one attached hydrogen (secondary N) is 2. The van der Waals surface area contributed by atoms with Crippen molar-refractivity contribution in [1.82, 2.24) is 10.3 Å². The molecular formula is C29H23N3O4S. The summed E-state index contributed by atoms with van der Waals surface area (Å²) in [5.74, 6) is 0.595. The van der Waals surface area contributed by atoms with Crippen LogP contribution in [0.2, 0.25) is 0 Å². The Hall–Kier alpha value is -4.69. The topological polar surface area (TPSA) is 96.6 Å². The van der Waals surface area contributed by atoms with Gasteiger partial charge < -0.3 is 19.6 Å². The van der Waals surface area contributed by atoms with E-state index in [1.165, 1.54) is 6.07 Å². The molecule has 0 radical (unpaired) electrons. The molecule has 0 aliphatic carbocycles. The van der Waals surface area contributed by atoms with Crippen LogP contribution in [0.15, 0.2) is 95.4 Å². The van der Waals surface area contributed by atoms with E-state index < -0.39 is 0 Å². The Morgan fingerprint density at radius 3 is 2.57 bits per heavy atom. The maximum Gasteiger partial charge on any atom is 0.257 e. The molecule has 4 aromatic carbocycles. The summed E-state index contributed by atoms with van der Waals surface area (Å²) < 4.78 is 11.6. The Bertz CT molecular complexity index is 1580. The van der Waals surface area contributed by atoms with Crippen molar-refractivity contribution in [1.29, 1.82) is 0 Å². The van der Waals surface area contributed by atoms with Crippen LogP contribution in [-0.4, -0.2) is 21.1 Å². The number of hydrogen-bond acceptors (Lipinski definition) is 6. The predicted molar refractivity (Wildman–Crippen MR) is 147 cm³/mol. The van der Waals surface area contributed by atoms with Crippen molar-refractivity contribution in [2.24, 2.45) is 0 Å². The number of aromatic hydroxyl groups is 1. The Morgan fingerprint density at radius 2 is 1.78 bits per heavy atom. The number of amides is 1. The van der Waals surface area contributed by atoms with E-state index >= 15 is 0 Å². The fourth-order valence-corrected chi connectivity index (χ4v) is 3.92. The van der Waals surface area contributed by atoms with E-state index in [9.17, 15) is 9.90 Å². The zero-order chi connectivity index (χ0) is 25.8. The standard InChI is InChI=1S/C29H23N3O4S/c1-18-7-13-24-26(15-18)36-28(31-24)23-16-21(10-14-25(23)33)30-29(37)32-27(34)20-8-11-22(12-9-20)35-17-19-5-3-2-4-6-19/h2-16,33H,17H2,1H3,(H2,30,32,34,37). The number of anilines is 1. The summed E-state index contributed by atoms with van der Waals surface area (Å²) in [5.41, 5.74) is 4.82. The third-order valence-corrected chi connectivity index (χ3v) is 5.82. The molecule has 0 fully saturated rings. The SMILES string of the molecule is Cc1ccc2nc(-c3cc(NC(=S)NC(=O)c4ccc(OCc5ccccc5)cc4)ccc3O)oc2c1. The van der Waals surface area contributed by atoms with Crippen molar-refractivity contribution < 1.29 is 19.1 Å². The monoisotopic (exact) mass is 509 g/mol. The molecule has 184 valence electrons. The van der Waals surface area contributed by atoms with Gasteiger partial charge in [0.1, 0.15) is 23.6 Å². The quantitative estimate of drug-likeness (QED) is 0.185. The molecule has 37 heavy (non-hydrogen) atoms. The normalized spacial score (nSPS) is 10.7. The third kappa shape index (κ3) is 5.76. The van der Waals surface area contributed by atoms with E-state index in [2.05, 4.69) is 15.6 Å². The number of phenolic OH excluding ortho intramolecular Hbond substituents is 1. The van der Waals surface area contributed by atoms with Gasteiger partial charge in [-0.05, 0) is 84.9 Å². The van der Waals surface area contributed by atoms with Gasteiger partial charge in [-0.1, -0.05) is 36.4 Å². The maximum atomic E-state index is 12.7. The molecule has 3 N–H and O–H groups in total. The lowest BCUT2D eigenvalue weighted by atomic mass is 10.1. The highest BCUT2D eigenvalue weighted by Gasteiger charge is 2.15. The van der Waals surface area contributed by atoms with Crippen LogP contribution < -0.4 is 15.4 Å². The number of hydrogen-bond donors (Lipinski definition) is 3. The van der Waals surface area contributed by atoms with Crippen LogP contribution in [0.3, 0.4) is 0 Å². The minimum absolute atomic E-state index is 0.0124. The number of ether oxygens (including phenoxy) is 1. The number of aryl methyl sites for hydroxylation is 1. The summed E-state index contributed by atoms with van der Waals surface area (Å²) in [5, 5.41) is 16.1. The number of phenols is 1. The number of fused-ring (bicyclic) bond motifs is 1. The minimum Gasteiger partial charge on any atom is -0.507 e. The molecule has 0 unspecified atom stereocenters. The molecule has 8 heteroatoms. The summed E-state index contributed by atoms with van der Waals surface area (Å²) in [7, 11) is 0. The van der Waals surface area contributed by atoms with Crippen LogP contribution in [0.1, 0.15) is 21.5 Å². The maximum absolute atomic E-state index is 12.7. The first-order chi connectivity index (χ1) is 17.9. The summed E-state index contributed by atoms with van der Waals surface area (Å²) in [4.78, 5) is 17.1. The molecule has 0 saturated carbocycles.